The first-order valence-corrected chi connectivity index (χ1v) is 9.68. The van der Waals surface area contributed by atoms with Gasteiger partial charge < -0.3 is 4.90 Å². The van der Waals surface area contributed by atoms with E-state index < -0.39 is 0 Å². The Morgan fingerprint density at radius 3 is 2.37 bits per heavy atom. The van der Waals surface area contributed by atoms with E-state index in [1.165, 1.54) is 11.3 Å². The molecule has 0 spiro atoms. The van der Waals surface area contributed by atoms with Crippen LogP contribution in [0.3, 0.4) is 0 Å². The Kier molecular flexibility index (Phi) is 4.88. The van der Waals surface area contributed by atoms with Crippen LogP contribution in [0.4, 0.5) is 5.95 Å². The molecule has 0 unspecified atom stereocenters. The largest absolute Gasteiger partial charge is 0.341 e. The number of benzene rings is 1. The molecule has 1 fully saturated rings. The third-order valence-corrected chi connectivity index (χ3v) is 5.34. The van der Waals surface area contributed by atoms with Crippen molar-refractivity contribution in [3.8, 4) is 5.69 Å². The van der Waals surface area contributed by atoms with Crippen LogP contribution in [0.2, 0.25) is 0 Å². The lowest BCUT2D eigenvalue weighted by Crippen LogP contribution is -2.34. The van der Waals surface area contributed by atoms with Gasteiger partial charge in [0.05, 0.1) is 5.69 Å². The number of anilines is 1. The summed E-state index contributed by atoms with van der Waals surface area (Å²) in [5.74, 6) is 3.69. The van der Waals surface area contributed by atoms with Gasteiger partial charge in [-0.25, -0.2) is 9.97 Å². The number of hydrogen-bond acceptors (Lipinski definition) is 5. The Hall–Kier alpha value is -2.76. The van der Waals surface area contributed by atoms with Gasteiger partial charge in [0.2, 0.25) is 5.95 Å². The van der Waals surface area contributed by atoms with Crippen LogP contribution >= 0.6 is 0 Å². The zero-order valence-corrected chi connectivity index (χ0v) is 16.2. The third-order valence-electron chi connectivity index (χ3n) is 5.34. The van der Waals surface area contributed by atoms with Gasteiger partial charge in [0.25, 0.3) is 0 Å². The number of para-hydroxylation sites is 1. The maximum Gasteiger partial charge on any atom is 0.225 e. The van der Waals surface area contributed by atoms with E-state index in [1.807, 2.05) is 13.0 Å². The lowest BCUT2D eigenvalue weighted by molar-refractivity contribution is 0.474. The van der Waals surface area contributed by atoms with Gasteiger partial charge in [0.1, 0.15) is 11.6 Å². The SMILES string of the molecule is Cc1nnc(C2CCN(c3ncccn3)CC2)n1-c1ccccc1C(C)C. The first kappa shape index (κ1) is 17.6. The van der Waals surface area contributed by atoms with Crippen molar-refractivity contribution in [1.29, 1.82) is 0 Å². The normalized spacial score (nSPS) is 15.5. The highest BCUT2D eigenvalue weighted by molar-refractivity contribution is 5.45. The van der Waals surface area contributed by atoms with Crippen molar-refractivity contribution in [2.24, 2.45) is 0 Å². The fraction of sp³-hybridized carbons (Fsp3) is 0.429. The zero-order valence-electron chi connectivity index (χ0n) is 16.2. The number of hydrogen-bond donors (Lipinski definition) is 0. The second-order valence-corrected chi connectivity index (χ2v) is 7.46. The molecule has 0 atom stereocenters. The summed E-state index contributed by atoms with van der Waals surface area (Å²) < 4.78 is 2.26. The molecule has 0 amide bonds. The highest BCUT2D eigenvalue weighted by Gasteiger charge is 2.27. The lowest BCUT2D eigenvalue weighted by Gasteiger charge is -2.31. The van der Waals surface area contributed by atoms with Crippen molar-refractivity contribution in [3.05, 3.63) is 59.9 Å². The summed E-state index contributed by atoms with van der Waals surface area (Å²) in [6.45, 7) is 8.38. The first-order valence-electron chi connectivity index (χ1n) is 9.68. The summed E-state index contributed by atoms with van der Waals surface area (Å²) in [6.07, 6.45) is 5.66. The molecule has 6 heteroatoms. The van der Waals surface area contributed by atoms with Crippen molar-refractivity contribution in [3.63, 3.8) is 0 Å². The summed E-state index contributed by atoms with van der Waals surface area (Å²) >= 11 is 0. The molecule has 1 aromatic carbocycles. The molecule has 0 bridgehead atoms. The molecule has 6 nitrogen and oxygen atoms in total. The third kappa shape index (κ3) is 3.44. The van der Waals surface area contributed by atoms with Gasteiger partial charge in [-0.3, -0.25) is 4.57 Å². The molecular weight excluding hydrogens is 336 g/mol. The molecule has 140 valence electrons. The molecule has 3 aromatic rings. The summed E-state index contributed by atoms with van der Waals surface area (Å²) in [5.41, 5.74) is 2.54. The monoisotopic (exact) mass is 362 g/mol. The molecule has 3 heterocycles. The van der Waals surface area contributed by atoms with Crippen LogP contribution in [-0.4, -0.2) is 37.8 Å². The number of rotatable bonds is 4. The van der Waals surface area contributed by atoms with Crippen LogP contribution in [0.25, 0.3) is 5.69 Å². The van der Waals surface area contributed by atoms with Gasteiger partial charge in [-0.05, 0) is 43.4 Å². The first-order chi connectivity index (χ1) is 13.1. The average molecular weight is 362 g/mol. The topological polar surface area (TPSA) is 59.7 Å². The molecule has 0 saturated carbocycles. The number of nitrogens with zero attached hydrogens (tertiary/aromatic N) is 6. The smallest absolute Gasteiger partial charge is 0.225 e. The van der Waals surface area contributed by atoms with Gasteiger partial charge in [-0.1, -0.05) is 32.0 Å². The summed E-state index contributed by atoms with van der Waals surface area (Å²) in [5, 5.41) is 9.00. The number of piperidine rings is 1. The van der Waals surface area contributed by atoms with Crippen LogP contribution in [-0.2, 0) is 0 Å². The molecule has 2 aromatic heterocycles. The van der Waals surface area contributed by atoms with E-state index in [0.29, 0.717) is 11.8 Å². The second-order valence-electron chi connectivity index (χ2n) is 7.46. The quantitative estimate of drug-likeness (QED) is 0.705. The summed E-state index contributed by atoms with van der Waals surface area (Å²) in [4.78, 5) is 11.0. The van der Waals surface area contributed by atoms with E-state index in [-0.39, 0.29) is 0 Å². The maximum atomic E-state index is 4.58. The molecule has 4 rings (SSSR count). The Bertz CT molecular complexity index is 894. The Morgan fingerprint density at radius 1 is 0.963 bits per heavy atom. The van der Waals surface area contributed by atoms with Gasteiger partial charge in [-0.15, -0.1) is 10.2 Å². The fourth-order valence-corrected chi connectivity index (χ4v) is 3.91. The van der Waals surface area contributed by atoms with Crippen LogP contribution in [0, 0.1) is 6.92 Å². The molecule has 0 aliphatic carbocycles. The Labute approximate surface area is 160 Å². The maximum absolute atomic E-state index is 4.58. The van der Waals surface area contributed by atoms with Gasteiger partial charge >= 0.3 is 0 Å². The number of aryl methyl sites for hydroxylation is 1. The van der Waals surface area contributed by atoms with Gasteiger partial charge in [0, 0.05) is 31.4 Å². The average Bonchev–Trinajstić information content (AvgIpc) is 3.10. The van der Waals surface area contributed by atoms with Crippen LogP contribution in [0.1, 0.15) is 55.7 Å². The molecular formula is C21H26N6. The van der Waals surface area contributed by atoms with Crippen molar-refractivity contribution < 1.29 is 0 Å². The van der Waals surface area contributed by atoms with Gasteiger partial charge in [0.15, 0.2) is 0 Å². The van der Waals surface area contributed by atoms with Crippen LogP contribution < -0.4 is 4.90 Å². The van der Waals surface area contributed by atoms with E-state index in [9.17, 15) is 0 Å². The van der Waals surface area contributed by atoms with E-state index in [4.69, 9.17) is 0 Å². The predicted octanol–water partition coefficient (Wildman–Crippen LogP) is 3.87. The molecule has 1 saturated heterocycles. The fourth-order valence-electron chi connectivity index (χ4n) is 3.91. The van der Waals surface area contributed by atoms with Crippen molar-refractivity contribution in [1.82, 2.24) is 24.7 Å². The van der Waals surface area contributed by atoms with Crippen LogP contribution in [0.5, 0.6) is 0 Å². The minimum Gasteiger partial charge on any atom is -0.341 e. The van der Waals surface area contributed by atoms with E-state index in [2.05, 4.69) is 67.7 Å². The minimum absolute atomic E-state index is 0.395. The molecule has 0 radical (unpaired) electrons. The Morgan fingerprint density at radius 2 is 1.67 bits per heavy atom. The van der Waals surface area contributed by atoms with Crippen LogP contribution in [0.15, 0.2) is 42.7 Å². The van der Waals surface area contributed by atoms with Crippen molar-refractivity contribution >= 4 is 5.95 Å². The summed E-state index contributed by atoms with van der Waals surface area (Å²) in [6, 6.07) is 10.4. The van der Waals surface area contributed by atoms with E-state index >= 15 is 0 Å². The Balaban J connectivity index is 1.60. The molecule has 1 aliphatic rings. The molecule has 27 heavy (non-hydrogen) atoms. The van der Waals surface area contributed by atoms with Crippen molar-refractivity contribution in [2.45, 2.75) is 45.4 Å². The van der Waals surface area contributed by atoms with Crippen molar-refractivity contribution in [2.75, 3.05) is 18.0 Å². The highest BCUT2D eigenvalue weighted by Crippen LogP contribution is 2.32. The van der Waals surface area contributed by atoms with Gasteiger partial charge in [-0.2, -0.15) is 0 Å². The minimum atomic E-state index is 0.395. The molecule has 1 aliphatic heterocycles. The lowest BCUT2D eigenvalue weighted by atomic mass is 9.95. The van der Waals surface area contributed by atoms with E-state index in [1.54, 1.807) is 12.4 Å². The molecule has 0 N–H and O–H groups in total. The summed E-state index contributed by atoms with van der Waals surface area (Å²) in [7, 11) is 0. The standard InChI is InChI=1S/C21H26N6/c1-15(2)18-7-4-5-8-19(18)27-16(3)24-25-20(27)17-9-13-26(14-10-17)21-22-11-6-12-23-21/h4-8,11-12,15,17H,9-10,13-14H2,1-3H3. The predicted molar refractivity (Wildman–Crippen MR) is 106 cm³/mol. The number of aromatic nitrogens is 5. The second kappa shape index (κ2) is 7.47. The highest BCUT2D eigenvalue weighted by atomic mass is 15.3. The van der Waals surface area contributed by atoms with E-state index in [0.717, 1.165) is 43.5 Å². The zero-order chi connectivity index (χ0) is 18.8.